The second kappa shape index (κ2) is 8.05. The number of methoxy groups -OCH3 is 2. The van der Waals surface area contributed by atoms with Crippen LogP contribution in [0.5, 0.6) is 11.5 Å². The standard InChI is InChI=1S/C22H23N5O3/c1-4-19(28)26-11-16(12-26)27-10-15(20-21(23)24-13-25-22(20)27)6-5-14-7-17(29-2)9-18(8-14)30-3/h4,7-9,13,16,22H,1,10-12H2,2-3H3,(H2,23,24,25). The van der Waals surface area contributed by atoms with Crippen molar-refractivity contribution in [3.05, 3.63) is 47.6 Å². The molecule has 3 heterocycles. The summed E-state index contributed by atoms with van der Waals surface area (Å²) in [5.74, 6) is 8.16. The number of amides is 1. The largest absolute Gasteiger partial charge is 0.497 e. The van der Waals surface area contributed by atoms with Crippen molar-refractivity contribution in [2.45, 2.75) is 12.2 Å². The highest BCUT2D eigenvalue weighted by Gasteiger charge is 2.43. The molecule has 154 valence electrons. The van der Waals surface area contributed by atoms with Gasteiger partial charge in [0.25, 0.3) is 0 Å². The van der Waals surface area contributed by atoms with Crippen LogP contribution in [0.15, 0.2) is 52.0 Å². The van der Waals surface area contributed by atoms with Gasteiger partial charge < -0.3 is 20.1 Å². The van der Waals surface area contributed by atoms with E-state index in [9.17, 15) is 4.79 Å². The van der Waals surface area contributed by atoms with Gasteiger partial charge >= 0.3 is 0 Å². The van der Waals surface area contributed by atoms with Gasteiger partial charge in [-0.05, 0) is 18.2 Å². The van der Waals surface area contributed by atoms with E-state index < -0.39 is 0 Å². The first-order valence-corrected chi connectivity index (χ1v) is 9.54. The zero-order chi connectivity index (χ0) is 21.3. The number of aliphatic imine (C=N–C) groups is 2. The lowest BCUT2D eigenvalue weighted by Gasteiger charge is -2.45. The van der Waals surface area contributed by atoms with Crippen molar-refractivity contribution < 1.29 is 14.3 Å². The number of fused-ring (bicyclic) bond motifs is 1. The first kappa shape index (κ1) is 19.7. The highest BCUT2D eigenvalue weighted by molar-refractivity contribution is 6.05. The average Bonchev–Trinajstić information content (AvgIpc) is 3.10. The summed E-state index contributed by atoms with van der Waals surface area (Å²) in [5.41, 5.74) is 8.68. The Balaban J connectivity index is 1.59. The summed E-state index contributed by atoms with van der Waals surface area (Å²) in [6, 6.07) is 5.69. The lowest BCUT2D eigenvalue weighted by Crippen LogP contribution is -2.62. The SMILES string of the molecule is C=CC(=O)N1CC(N2CC(C#Cc3cc(OC)cc(OC)c3)=C3C(N)=NC=NC32)C1. The molecule has 1 unspecified atom stereocenters. The van der Waals surface area contributed by atoms with Crippen LogP contribution < -0.4 is 15.2 Å². The molecule has 4 rings (SSSR count). The molecule has 3 aliphatic rings. The summed E-state index contributed by atoms with van der Waals surface area (Å²) < 4.78 is 10.6. The second-order valence-corrected chi connectivity index (χ2v) is 7.17. The summed E-state index contributed by atoms with van der Waals surface area (Å²) >= 11 is 0. The van der Waals surface area contributed by atoms with E-state index in [1.54, 1.807) is 25.2 Å². The summed E-state index contributed by atoms with van der Waals surface area (Å²) in [5, 5.41) is 0. The third-order valence-corrected chi connectivity index (χ3v) is 5.45. The van der Waals surface area contributed by atoms with E-state index in [2.05, 4.69) is 33.3 Å². The van der Waals surface area contributed by atoms with Crippen LogP contribution in [0.25, 0.3) is 0 Å². The Morgan fingerprint density at radius 3 is 2.57 bits per heavy atom. The molecule has 1 saturated heterocycles. The molecular formula is C22H23N5O3. The number of benzene rings is 1. The van der Waals surface area contributed by atoms with Crippen LogP contribution in [0.3, 0.4) is 0 Å². The topological polar surface area (TPSA) is 92.8 Å². The van der Waals surface area contributed by atoms with Crippen molar-refractivity contribution in [1.82, 2.24) is 9.80 Å². The molecule has 0 radical (unpaired) electrons. The molecule has 8 heteroatoms. The van der Waals surface area contributed by atoms with E-state index >= 15 is 0 Å². The lowest BCUT2D eigenvalue weighted by molar-refractivity contribution is -0.133. The van der Waals surface area contributed by atoms with E-state index in [0.717, 1.165) is 16.7 Å². The van der Waals surface area contributed by atoms with E-state index in [0.29, 0.717) is 37.0 Å². The number of nitrogens with zero attached hydrogens (tertiary/aromatic N) is 4. The summed E-state index contributed by atoms with van der Waals surface area (Å²) in [6.45, 7) is 5.41. The van der Waals surface area contributed by atoms with Crippen LogP contribution in [0, 0.1) is 11.8 Å². The normalized spacial score (nSPS) is 20.7. The summed E-state index contributed by atoms with van der Waals surface area (Å²) in [4.78, 5) is 24.4. The number of likely N-dealkylation sites (tertiary alicyclic amines) is 1. The molecule has 1 aromatic rings. The number of hydrogen-bond acceptors (Lipinski definition) is 7. The van der Waals surface area contributed by atoms with Crippen LogP contribution >= 0.6 is 0 Å². The highest BCUT2D eigenvalue weighted by atomic mass is 16.5. The molecular weight excluding hydrogens is 382 g/mol. The fraction of sp³-hybridized carbons (Fsp3) is 0.318. The van der Waals surface area contributed by atoms with Gasteiger partial charge in [-0.15, -0.1) is 0 Å². The van der Waals surface area contributed by atoms with Gasteiger partial charge in [-0.3, -0.25) is 9.69 Å². The molecule has 30 heavy (non-hydrogen) atoms. The van der Waals surface area contributed by atoms with Gasteiger partial charge in [-0.25, -0.2) is 9.98 Å². The molecule has 1 atom stereocenters. The van der Waals surface area contributed by atoms with Crippen LogP contribution in [0.2, 0.25) is 0 Å². The second-order valence-electron chi connectivity index (χ2n) is 7.17. The van der Waals surface area contributed by atoms with Gasteiger partial charge in [0.1, 0.15) is 29.8 Å². The van der Waals surface area contributed by atoms with Crippen LogP contribution in [-0.4, -0.2) is 73.9 Å². The van der Waals surface area contributed by atoms with Crippen molar-refractivity contribution in [2.75, 3.05) is 33.9 Å². The maximum atomic E-state index is 11.8. The van der Waals surface area contributed by atoms with Gasteiger partial charge in [0.15, 0.2) is 0 Å². The molecule has 1 aromatic carbocycles. The monoisotopic (exact) mass is 405 g/mol. The molecule has 0 aromatic heterocycles. The van der Waals surface area contributed by atoms with E-state index in [-0.39, 0.29) is 18.1 Å². The van der Waals surface area contributed by atoms with Crippen LogP contribution in [0.1, 0.15) is 5.56 Å². The minimum Gasteiger partial charge on any atom is -0.497 e. The number of carbonyl (C=O) groups is 1. The third kappa shape index (κ3) is 3.55. The number of ether oxygens (including phenoxy) is 2. The predicted molar refractivity (Wildman–Crippen MR) is 115 cm³/mol. The first-order valence-electron chi connectivity index (χ1n) is 9.54. The predicted octanol–water partition coefficient (Wildman–Crippen LogP) is 0.790. The molecule has 1 amide bonds. The Kier molecular flexibility index (Phi) is 5.29. The van der Waals surface area contributed by atoms with Gasteiger partial charge in [0, 0.05) is 48.5 Å². The van der Waals surface area contributed by atoms with Crippen LogP contribution in [-0.2, 0) is 4.79 Å². The summed E-state index contributed by atoms with van der Waals surface area (Å²) in [7, 11) is 3.21. The molecule has 0 spiro atoms. The highest BCUT2D eigenvalue weighted by Crippen LogP contribution is 2.32. The third-order valence-electron chi connectivity index (χ3n) is 5.45. The number of amidine groups is 1. The molecule has 2 N–H and O–H groups in total. The van der Waals surface area contributed by atoms with Crippen LogP contribution in [0.4, 0.5) is 0 Å². The molecule has 1 fully saturated rings. The van der Waals surface area contributed by atoms with Gasteiger partial charge in [-0.2, -0.15) is 0 Å². The van der Waals surface area contributed by atoms with E-state index in [1.807, 2.05) is 12.1 Å². The molecule has 3 aliphatic heterocycles. The van der Waals surface area contributed by atoms with Gasteiger partial charge in [-0.1, -0.05) is 18.4 Å². The zero-order valence-electron chi connectivity index (χ0n) is 17.0. The van der Waals surface area contributed by atoms with Crippen molar-refractivity contribution in [2.24, 2.45) is 15.7 Å². The quantitative estimate of drug-likeness (QED) is 0.591. The van der Waals surface area contributed by atoms with E-state index in [1.165, 1.54) is 12.4 Å². The average molecular weight is 405 g/mol. The zero-order valence-corrected chi connectivity index (χ0v) is 17.0. The van der Waals surface area contributed by atoms with Gasteiger partial charge in [0.2, 0.25) is 5.91 Å². The van der Waals surface area contributed by atoms with E-state index in [4.69, 9.17) is 15.2 Å². The van der Waals surface area contributed by atoms with Crippen molar-refractivity contribution in [1.29, 1.82) is 0 Å². The Labute approximate surface area is 175 Å². The Morgan fingerprint density at radius 1 is 1.23 bits per heavy atom. The first-order chi connectivity index (χ1) is 14.5. The summed E-state index contributed by atoms with van der Waals surface area (Å²) in [6.07, 6.45) is 2.61. The Bertz CT molecular complexity index is 1020. The maximum absolute atomic E-state index is 11.8. The number of hydrogen-bond donors (Lipinski definition) is 1. The Morgan fingerprint density at radius 2 is 1.93 bits per heavy atom. The number of carbonyl (C=O) groups excluding carboxylic acids is 1. The fourth-order valence-electron chi connectivity index (χ4n) is 3.79. The maximum Gasteiger partial charge on any atom is 0.246 e. The fourth-order valence-corrected chi connectivity index (χ4v) is 3.79. The molecule has 0 bridgehead atoms. The van der Waals surface area contributed by atoms with Crippen molar-refractivity contribution in [3.8, 4) is 23.3 Å². The number of rotatable bonds is 4. The lowest BCUT2D eigenvalue weighted by atomic mass is 10.1. The van der Waals surface area contributed by atoms with Crippen molar-refractivity contribution in [3.63, 3.8) is 0 Å². The smallest absolute Gasteiger partial charge is 0.246 e. The molecule has 0 saturated carbocycles. The number of nitrogens with two attached hydrogens (primary N) is 1. The minimum absolute atomic E-state index is 0.0566. The van der Waals surface area contributed by atoms with Gasteiger partial charge in [0.05, 0.1) is 14.2 Å². The minimum atomic E-state index is -0.224. The molecule has 8 nitrogen and oxygen atoms in total. The Hall–Kier alpha value is -3.57. The molecule has 0 aliphatic carbocycles. The van der Waals surface area contributed by atoms with Crippen molar-refractivity contribution >= 4 is 18.1 Å².